The van der Waals surface area contributed by atoms with Crippen LogP contribution in [0.1, 0.15) is 0 Å². The molecule has 0 aliphatic heterocycles. The summed E-state index contributed by atoms with van der Waals surface area (Å²) in [5.74, 6) is 1.83. The van der Waals surface area contributed by atoms with Crippen molar-refractivity contribution >= 4 is 75.9 Å². The van der Waals surface area contributed by atoms with Gasteiger partial charge in [0.1, 0.15) is 0 Å². The molecule has 0 N–H and O–H groups in total. The second kappa shape index (κ2) is 15.2. The van der Waals surface area contributed by atoms with Crippen LogP contribution in [0.15, 0.2) is 237 Å². The molecule has 0 unspecified atom stereocenters. The van der Waals surface area contributed by atoms with Gasteiger partial charge < -0.3 is 9.13 Å². The van der Waals surface area contributed by atoms with E-state index in [1.165, 1.54) is 43.1 Å². The summed E-state index contributed by atoms with van der Waals surface area (Å²) in [6, 6.07) is 84.7. The van der Waals surface area contributed by atoms with Crippen LogP contribution in [-0.2, 0) is 0 Å². The van der Waals surface area contributed by atoms with E-state index >= 15 is 0 Å². The van der Waals surface area contributed by atoms with Gasteiger partial charge in [0.2, 0.25) is 0 Å². The summed E-state index contributed by atoms with van der Waals surface area (Å²) in [6.07, 6.45) is 0. The van der Waals surface area contributed by atoms with Gasteiger partial charge in [-0.05, 0) is 92.7 Å². The van der Waals surface area contributed by atoms with Crippen LogP contribution in [0, 0.1) is 0 Å². The van der Waals surface area contributed by atoms with E-state index in [-0.39, 0.29) is 0 Å². The molecule has 0 radical (unpaired) electrons. The Kier molecular flexibility index (Phi) is 8.52. The van der Waals surface area contributed by atoms with E-state index in [0.717, 1.165) is 72.0 Å². The van der Waals surface area contributed by atoms with Gasteiger partial charge in [0.25, 0.3) is 0 Å². The van der Waals surface area contributed by atoms with Crippen molar-refractivity contribution in [3.63, 3.8) is 0 Å². The number of benzene rings is 11. The van der Waals surface area contributed by atoms with E-state index in [1.54, 1.807) is 0 Å². The lowest BCUT2D eigenvalue weighted by atomic mass is 9.92. The average molecular weight is 866 g/mol. The van der Waals surface area contributed by atoms with E-state index < -0.39 is 0 Å². The first-order valence-electron chi connectivity index (χ1n) is 23.1. The Bertz CT molecular complexity index is 4210. The van der Waals surface area contributed by atoms with E-state index in [0.29, 0.717) is 17.5 Å². The highest BCUT2D eigenvalue weighted by atomic mass is 15.0. The largest absolute Gasteiger partial charge is 0.309 e. The standard InChI is InChI=1S/C63H39N5/c1-4-18-40(19-5-1)52-39-59(68-57-36-44-24-12-10-22-42(44)34-53(57)54-35-43-23-11-13-25-45(43)37-58(54)68)49-29-14-15-30-51(49)60(52)63-65-61(41-20-6-2-7-21-41)64-62(66-63)46-32-33-50-48-28-16-17-31-55(48)67(56(50)38-46)47-26-8-3-9-27-47/h1-39H. The van der Waals surface area contributed by atoms with Crippen molar-refractivity contribution in [2.45, 2.75) is 0 Å². The van der Waals surface area contributed by atoms with Crippen molar-refractivity contribution in [3.05, 3.63) is 237 Å². The van der Waals surface area contributed by atoms with Gasteiger partial charge in [-0.25, -0.2) is 15.0 Å². The summed E-state index contributed by atoms with van der Waals surface area (Å²) >= 11 is 0. The molecule has 316 valence electrons. The number of rotatable bonds is 6. The van der Waals surface area contributed by atoms with Crippen LogP contribution in [0.25, 0.3) is 133 Å². The first-order chi connectivity index (χ1) is 33.7. The molecule has 0 saturated heterocycles. The Labute approximate surface area is 391 Å². The third-order valence-electron chi connectivity index (χ3n) is 13.7. The van der Waals surface area contributed by atoms with Gasteiger partial charge in [0, 0.05) is 49.3 Å². The number of hydrogen-bond donors (Lipinski definition) is 0. The van der Waals surface area contributed by atoms with Gasteiger partial charge in [-0.2, -0.15) is 0 Å². The van der Waals surface area contributed by atoms with Gasteiger partial charge >= 0.3 is 0 Å². The number of nitrogens with zero attached hydrogens (tertiary/aromatic N) is 5. The average Bonchev–Trinajstić information content (AvgIpc) is 3.90. The van der Waals surface area contributed by atoms with Gasteiger partial charge in [-0.15, -0.1) is 0 Å². The maximum atomic E-state index is 5.52. The maximum absolute atomic E-state index is 5.52. The Hall–Kier alpha value is -9.19. The summed E-state index contributed by atoms with van der Waals surface area (Å²) in [6.45, 7) is 0. The number of para-hydroxylation sites is 2. The predicted octanol–water partition coefficient (Wildman–Crippen LogP) is 16.2. The third kappa shape index (κ3) is 5.99. The van der Waals surface area contributed by atoms with Crippen LogP contribution in [0.3, 0.4) is 0 Å². The van der Waals surface area contributed by atoms with Crippen molar-refractivity contribution in [1.82, 2.24) is 24.1 Å². The molecule has 0 saturated carbocycles. The van der Waals surface area contributed by atoms with Crippen molar-refractivity contribution < 1.29 is 0 Å². The van der Waals surface area contributed by atoms with Gasteiger partial charge in [0.05, 0.1) is 27.8 Å². The monoisotopic (exact) mass is 865 g/mol. The van der Waals surface area contributed by atoms with Crippen LogP contribution in [-0.4, -0.2) is 24.1 Å². The molecule has 68 heavy (non-hydrogen) atoms. The quantitative estimate of drug-likeness (QED) is 0.167. The minimum atomic E-state index is 0.606. The molecule has 14 rings (SSSR count). The van der Waals surface area contributed by atoms with Crippen LogP contribution < -0.4 is 0 Å². The molecule has 0 atom stereocenters. The minimum absolute atomic E-state index is 0.606. The van der Waals surface area contributed by atoms with Gasteiger partial charge in [-0.1, -0.05) is 182 Å². The predicted molar refractivity (Wildman–Crippen MR) is 283 cm³/mol. The Morgan fingerprint density at radius 3 is 1.38 bits per heavy atom. The van der Waals surface area contributed by atoms with E-state index in [1.807, 2.05) is 18.2 Å². The van der Waals surface area contributed by atoms with Gasteiger partial charge in [0.15, 0.2) is 17.5 Å². The van der Waals surface area contributed by atoms with Crippen molar-refractivity contribution in [3.8, 4) is 56.7 Å². The number of aromatic nitrogens is 5. The molecule has 0 amide bonds. The molecular weight excluding hydrogens is 827 g/mol. The molecule has 5 heteroatoms. The molecule has 0 aliphatic carbocycles. The third-order valence-corrected chi connectivity index (χ3v) is 13.7. The molecule has 14 aromatic rings. The lowest BCUT2D eigenvalue weighted by molar-refractivity contribution is 1.08. The SMILES string of the molecule is c1ccc(-c2nc(-c3ccc4c5ccccc5n(-c5ccccc5)c4c3)nc(-c3c(-c4ccccc4)cc(-n4c5cc6ccccc6cc5c5cc6ccccc6cc54)c4ccccc34)n2)cc1. The van der Waals surface area contributed by atoms with Crippen LogP contribution in [0.4, 0.5) is 0 Å². The summed E-state index contributed by atoms with van der Waals surface area (Å²) in [5.41, 5.74) is 11.6. The Morgan fingerprint density at radius 2 is 0.735 bits per heavy atom. The zero-order valence-electron chi connectivity index (χ0n) is 36.8. The molecule has 3 heterocycles. The highest BCUT2D eigenvalue weighted by Gasteiger charge is 2.24. The molecular formula is C63H39N5. The topological polar surface area (TPSA) is 48.5 Å². The highest BCUT2D eigenvalue weighted by Crippen LogP contribution is 2.45. The lowest BCUT2D eigenvalue weighted by Crippen LogP contribution is -2.04. The van der Waals surface area contributed by atoms with E-state index in [2.05, 4.69) is 228 Å². The number of fused-ring (bicyclic) bond motifs is 9. The molecule has 0 aliphatic rings. The fourth-order valence-corrected chi connectivity index (χ4v) is 10.6. The highest BCUT2D eigenvalue weighted by molar-refractivity contribution is 6.18. The second-order valence-electron chi connectivity index (χ2n) is 17.6. The molecule has 5 nitrogen and oxygen atoms in total. The lowest BCUT2D eigenvalue weighted by Gasteiger charge is -2.19. The zero-order chi connectivity index (χ0) is 44.7. The van der Waals surface area contributed by atoms with Crippen molar-refractivity contribution in [2.75, 3.05) is 0 Å². The molecule has 0 spiro atoms. The van der Waals surface area contributed by atoms with Crippen LogP contribution in [0.2, 0.25) is 0 Å². The van der Waals surface area contributed by atoms with Crippen LogP contribution in [0.5, 0.6) is 0 Å². The summed E-state index contributed by atoms with van der Waals surface area (Å²) in [5, 5.41) is 11.8. The molecule has 3 aromatic heterocycles. The minimum Gasteiger partial charge on any atom is -0.309 e. The number of hydrogen-bond acceptors (Lipinski definition) is 3. The summed E-state index contributed by atoms with van der Waals surface area (Å²) in [4.78, 5) is 16.2. The van der Waals surface area contributed by atoms with Gasteiger partial charge in [-0.3, -0.25) is 0 Å². The molecule has 0 fully saturated rings. The van der Waals surface area contributed by atoms with Crippen molar-refractivity contribution in [1.29, 1.82) is 0 Å². The Balaban J connectivity index is 1.07. The first kappa shape index (κ1) is 38.1. The molecule has 11 aromatic carbocycles. The normalized spacial score (nSPS) is 11.8. The fourth-order valence-electron chi connectivity index (χ4n) is 10.6. The van der Waals surface area contributed by atoms with Crippen LogP contribution >= 0.6 is 0 Å². The van der Waals surface area contributed by atoms with Crippen molar-refractivity contribution in [2.24, 2.45) is 0 Å². The smallest absolute Gasteiger partial charge is 0.165 e. The summed E-state index contributed by atoms with van der Waals surface area (Å²) in [7, 11) is 0. The summed E-state index contributed by atoms with van der Waals surface area (Å²) < 4.78 is 4.83. The first-order valence-corrected chi connectivity index (χ1v) is 23.1. The Morgan fingerprint density at radius 1 is 0.265 bits per heavy atom. The molecule has 0 bridgehead atoms. The fraction of sp³-hybridized carbons (Fsp3) is 0. The van der Waals surface area contributed by atoms with E-state index in [9.17, 15) is 0 Å². The zero-order valence-corrected chi connectivity index (χ0v) is 36.8. The maximum Gasteiger partial charge on any atom is 0.165 e. The van der Waals surface area contributed by atoms with E-state index in [4.69, 9.17) is 15.0 Å². The second-order valence-corrected chi connectivity index (χ2v) is 17.6.